The molecule has 3 rings (SSSR count). The number of benzene rings is 1. The molecule has 1 aliphatic rings. The first-order valence-electron chi connectivity index (χ1n) is 8.87. The number of amides is 2. The Morgan fingerprint density at radius 2 is 1.83 bits per heavy atom. The summed E-state index contributed by atoms with van der Waals surface area (Å²) in [6, 6.07) is 4.21. The van der Waals surface area contributed by atoms with Crippen LogP contribution >= 0.6 is 23.2 Å². The number of piperidine rings is 1. The summed E-state index contributed by atoms with van der Waals surface area (Å²) in [6.07, 6.45) is -3.05. The van der Waals surface area contributed by atoms with E-state index in [0.717, 1.165) is 12.1 Å². The molecule has 2 amide bonds. The van der Waals surface area contributed by atoms with E-state index in [1.54, 1.807) is 0 Å². The minimum absolute atomic E-state index is 0.0443. The van der Waals surface area contributed by atoms with E-state index in [9.17, 15) is 27.9 Å². The molecule has 0 aliphatic carbocycles. The first kappa shape index (κ1) is 22.2. The van der Waals surface area contributed by atoms with Crippen molar-refractivity contribution in [3.8, 4) is 5.75 Å². The first-order chi connectivity index (χ1) is 14.1. The van der Waals surface area contributed by atoms with Crippen LogP contribution in [0.25, 0.3) is 0 Å². The average Bonchev–Trinajstić information content (AvgIpc) is 2.70. The van der Waals surface area contributed by atoms with Crippen LogP contribution in [-0.4, -0.2) is 45.9 Å². The van der Waals surface area contributed by atoms with E-state index in [1.165, 1.54) is 17.0 Å². The summed E-state index contributed by atoms with van der Waals surface area (Å²) >= 11 is 11.7. The number of likely N-dealkylation sites (tertiary alicyclic amines) is 1. The predicted octanol–water partition coefficient (Wildman–Crippen LogP) is 4.15. The second-order valence-electron chi connectivity index (χ2n) is 6.75. The van der Waals surface area contributed by atoms with E-state index < -0.39 is 23.6 Å². The predicted molar refractivity (Wildman–Crippen MR) is 104 cm³/mol. The van der Waals surface area contributed by atoms with Crippen molar-refractivity contribution in [1.29, 1.82) is 0 Å². The van der Waals surface area contributed by atoms with Crippen molar-refractivity contribution in [2.75, 3.05) is 13.1 Å². The Labute approximate surface area is 179 Å². The summed E-state index contributed by atoms with van der Waals surface area (Å²) in [5.41, 5.74) is -1.06. The fourth-order valence-corrected chi connectivity index (χ4v) is 3.57. The number of aromatic hydroxyl groups is 1. The average molecular weight is 462 g/mol. The standard InChI is InChI=1S/C19H16Cl2F3N3O3/c20-11-7-13(16(28)14(21)8-11)17(29)26-12-3-5-27(6-4-12)18(30)15-2-1-10(9-25-15)19(22,23)24/h1-2,7-9,12,28H,3-6H2,(H,26,29). The number of nitrogens with zero attached hydrogens (tertiary/aromatic N) is 2. The van der Waals surface area contributed by atoms with Crippen LogP contribution in [0.5, 0.6) is 5.75 Å². The summed E-state index contributed by atoms with van der Waals surface area (Å²) in [4.78, 5) is 30.0. The van der Waals surface area contributed by atoms with Crippen LogP contribution < -0.4 is 5.32 Å². The number of carbonyl (C=O) groups is 2. The molecule has 1 aliphatic heterocycles. The zero-order valence-corrected chi connectivity index (χ0v) is 16.9. The molecule has 6 nitrogen and oxygen atoms in total. The van der Waals surface area contributed by atoms with Crippen molar-refractivity contribution in [3.05, 3.63) is 57.3 Å². The number of phenols is 1. The Kier molecular flexibility index (Phi) is 6.42. The van der Waals surface area contributed by atoms with Gasteiger partial charge in [0.05, 0.1) is 16.1 Å². The lowest BCUT2D eigenvalue weighted by atomic mass is 10.0. The lowest BCUT2D eigenvalue weighted by Crippen LogP contribution is -2.46. The molecule has 1 aromatic heterocycles. The van der Waals surface area contributed by atoms with E-state index in [1.807, 2.05) is 0 Å². The quantitative estimate of drug-likeness (QED) is 0.719. The zero-order chi connectivity index (χ0) is 22.1. The third kappa shape index (κ3) is 4.96. The van der Waals surface area contributed by atoms with E-state index in [0.29, 0.717) is 19.0 Å². The minimum atomic E-state index is -4.52. The summed E-state index contributed by atoms with van der Waals surface area (Å²) < 4.78 is 37.8. The molecule has 160 valence electrons. The maximum atomic E-state index is 12.6. The van der Waals surface area contributed by atoms with Crippen LogP contribution in [0.3, 0.4) is 0 Å². The molecule has 0 bridgehead atoms. The smallest absolute Gasteiger partial charge is 0.417 e. The van der Waals surface area contributed by atoms with Gasteiger partial charge in [-0.15, -0.1) is 0 Å². The molecular formula is C19H16Cl2F3N3O3. The van der Waals surface area contributed by atoms with Crippen LogP contribution in [-0.2, 0) is 6.18 Å². The maximum Gasteiger partial charge on any atom is 0.417 e. The number of hydrogen-bond acceptors (Lipinski definition) is 4. The van der Waals surface area contributed by atoms with Gasteiger partial charge in [0.25, 0.3) is 11.8 Å². The van der Waals surface area contributed by atoms with Gasteiger partial charge in [0, 0.05) is 30.4 Å². The van der Waals surface area contributed by atoms with E-state index >= 15 is 0 Å². The first-order valence-corrected chi connectivity index (χ1v) is 9.63. The van der Waals surface area contributed by atoms with Crippen LogP contribution in [0, 0.1) is 0 Å². The molecule has 0 spiro atoms. The number of halogens is 5. The van der Waals surface area contributed by atoms with Gasteiger partial charge < -0.3 is 15.3 Å². The highest BCUT2D eigenvalue weighted by Gasteiger charge is 2.32. The molecule has 0 unspecified atom stereocenters. The number of hydrogen-bond donors (Lipinski definition) is 2. The lowest BCUT2D eigenvalue weighted by Gasteiger charge is -2.32. The molecule has 1 aromatic carbocycles. The van der Waals surface area contributed by atoms with Crippen molar-refractivity contribution in [2.24, 2.45) is 0 Å². The highest BCUT2D eigenvalue weighted by atomic mass is 35.5. The van der Waals surface area contributed by atoms with E-state index in [4.69, 9.17) is 23.2 Å². The lowest BCUT2D eigenvalue weighted by molar-refractivity contribution is -0.137. The highest BCUT2D eigenvalue weighted by molar-refractivity contribution is 6.36. The molecule has 2 N–H and O–H groups in total. The summed E-state index contributed by atoms with van der Waals surface area (Å²) in [5, 5.41) is 12.9. The van der Waals surface area contributed by atoms with Crippen molar-refractivity contribution in [1.82, 2.24) is 15.2 Å². The Hall–Kier alpha value is -2.52. The number of phenolic OH excluding ortho intramolecular Hbond substituents is 1. The second kappa shape index (κ2) is 8.69. The molecule has 0 atom stereocenters. The van der Waals surface area contributed by atoms with Gasteiger partial charge in [-0.25, -0.2) is 0 Å². The number of pyridine rings is 1. The summed E-state index contributed by atoms with van der Waals surface area (Å²) in [5.74, 6) is -1.40. The van der Waals surface area contributed by atoms with Crippen molar-refractivity contribution < 1.29 is 27.9 Å². The van der Waals surface area contributed by atoms with E-state index in [2.05, 4.69) is 10.3 Å². The molecule has 30 heavy (non-hydrogen) atoms. The van der Waals surface area contributed by atoms with Gasteiger partial charge in [-0.05, 0) is 37.1 Å². The Balaban J connectivity index is 1.58. The molecule has 2 heterocycles. The van der Waals surface area contributed by atoms with Crippen molar-refractivity contribution in [3.63, 3.8) is 0 Å². The van der Waals surface area contributed by atoms with Gasteiger partial charge in [0.15, 0.2) is 0 Å². The Morgan fingerprint density at radius 1 is 1.17 bits per heavy atom. The second-order valence-corrected chi connectivity index (χ2v) is 7.60. The third-order valence-electron chi connectivity index (χ3n) is 4.70. The monoisotopic (exact) mass is 461 g/mol. The van der Waals surface area contributed by atoms with Gasteiger partial charge in [0.1, 0.15) is 11.4 Å². The SMILES string of the molecule is O=C(NC1CCN(C(=O)c2ccc(C(F)(F)F)cn2)CC1)c1cc(Cl)cc(Cl)c1O. The van der Waals surface area contributed by atoms with Gasteiger partial charge in [0.2, 0.25) is 0 Å². The van der Waals surface area contributed by atoms with Crippen molar-refractivity contribution >= 4 is 35.0 Å². The largest absolute Gasteiger partial charge is 0.506 e. The van der Waals surface area contributed by atoms with Gasteiger partial charge in [-0.2, -0.15) is 13.2 Å². The molecule has 2 aromatic rings. The minimum Gasteiger partial charge on any atom is -0.506 e. The highest BCUT2D eigenvalue weighted by Crippen LogP contribution is 2.31. The molecule has 1 saturated heterocycles. The molecule has 11 heteroatoms. The summed E-state index contributed by atoms with van der Waals surface area (Å²) in [7, 11) is 0. The number of aromatic nitrogens is 1. The third-order valence-corrected chi connectivity index (χ3v) is 5.21. The topological polar surface area (TPSA) is 82.5 Å². The van der Waals surface area contributed by atoms with E-state index in [-0.39, 0.29) is 46.2 Å². The fraction of sp³-hybridized carbons (Fsp3) is 0.316. The fourth-order valence-electron chi connectivity index (χ4n) is 3.08. The van der Waals surface area contributed by atoms with Crippen LogP contribution in [0.1, 0.15) is 39.3 Å². The molecule has 0 radical (unpaired) electrons. The number of rotatable bonds is 3. The molecule has 1 fully saturated rings. The molecular weight excluding hydrogens is 446 g/mol. The molecule has 0 saturated carbocycles. The Morgan fingerprint density at radius 3 is 2.40 bits per heavy atom. The van der Waals surface area contributed by atoms with Crippen LogP contribution in [0.15, 0.2) is 30.5 Å². The van der Waals surface area contributed by atoms with Crippen LogP contribution in [0.4, 0.5) is 13.2 Å². The normalized spacial score (nSPS) is 15.2. The van der Waals surface area contributed by atoms with Gasteiger partial charge in [-0.1, -0.05) is 23.2 Å². The number of alkyl halides is 3. The van der Waals surface area contributed by atoms with Crippen molar-refractivity contribution in [2.45, 2.75) is 25.1 Å². The van der Waals surface area contributed by atoms with Crippen LogP contribution in [0.2, 0.25) is 10.0 Å². The number of nitrogens with one attached hydrogen (secondary N) is 1. The summed E-state index contributed by atoms with van der Waals surface area (Å²) in [6.45, 7) is 0.573. The zero-order valence-electron chi connectivity index (χ0n) is 15.3. The Bertz CT molecular complexity index is 960. The van der Waals surface area contributed by atoms with Gasteiger partial charge >= 0.3 is 6.18 Å². The maximum absolute atomic E-state index is 12.6. The number of carbonyl (C=O) groups excluding carboxylic acids is 2. The van der Waals surface area contributed by atoms with Gasteiger partial charge in [-0.3, -0.25) is 14.6 Å².